The Hall–Kier alpha value is -5.59. The molecule has 0 saturated carbocycles. The minimum absolute atomic E-state index is 0.670. The summed E-state index contributed by atoms with van der Waals surface area (Å²) in [5, 5.41) is 14.3. The van der Waals surface area contributed by atoms with Crippen molar-refractivity contribution >= 4 is 43.6 Å². The van der Waals surface area contributed by atoms with E-state index in [9.17, 15) is 5.26 Å². The summed E-state index contributed by atoms with van der Waals surface area (Å²) in [4.78, 5) is 3.53. The van der Waals surface area contributed by atoms with E-state index in [0.717, 1.165) is 27.8 Å². The van der Waals surface area contributed by atoms with E-state index in [1.54, 1.807) is 0 Å². The first-order valence-electron chi connectivity index (χ1n) is 13.4. The van der Waals surface area contributed by atoms with Crippen molar-refractivity contribution in [3.05, 3.63) is 139 Å². The number of aromatic nitrogens is 2. The molecule has 0 aliphatic heterocycles. The molecule has 3 nitrogen and oxygen atoms in total. The lowest BCUT2D eigenvalue weighted by Crippen LogP contribution is -1.93. The zero-order valence-electron chi connectivity index (χ0n) is 21.6. The van der Waals surface area contributed by atoms with Gasteiger partial charge in [-0.25, -0.2) is 0 Å². The molecule has 0 unspecified atom stereocenters. The van der Waals surface area contributed by atoms with Crippen molar-refractivity contribution in [2.24, 2.45) is 0 Å². The first-order chi connectivity index (χ1) is 19.8. The number of aromatic amines is 1. The molecule has 0 fully saturated rings. The number of benzene rings is 6. The highest BCUT2D eigenvalue weighted by molar-refractivity contribution is 6.11. The topological polar surface area (TPSA) is 44.5 Å². The van der Waals surface area contributed by atoms with Crippen LogP contribution in [-0.4, -0.2) is 9.55 Å². The molecule has 8 rings (SSSR count). The molecule has 40 heavy (non-hydrogen) atoms. The number of hydrogen-bond acceptors (Lipinski definition) is 1. The highest BCUT2D eigenvalue weighted by Crippen LogP contribution is 2.37. The van der Waals surface area contributed by atoms with E-state index in [-0.39, 0.29) is 0 Å². The molecular formula is C37H23N3. The van der Waals surface area contributed by atoms with Gasteiger partial charge in [0.15, 0.2) is 0 Å². The maximum Gasteiger partial charge on any atom is 0.0991 e. The van der Waals surface area contributed by atoms with Gasteiger partial charge in [0.05, 0.1) is 22.7 Å². The fraction of sp³-hybridized carbons (Fsp3) is 0. The van der Waals surface area contributed by atoms with Crippen molar-refractivity contribution in [3.8, 4) is 34.0 Å². The maximum absolute atomic E-state index is 9.30. The van der Waals surface area contributed by atoms with Gasteiger partial charge in [-0.05, 0) is 82.9 Å². The van der Waals surface area contributed by atoms with Crippen molar-refractivity contribution in [1.82, 2.24) is 9.55 Å². The van der Waals surface area contributed by atoms with Crippen LogP contribution in [0.2, 0.25) is 0 Å². The lowest BCUT2D eigenvalue weighted by molar-refractivity contribution is 1.18. The second-order valence-electron chi connectivity index (χ2n) is 10.3. The summed E-state index contributed by atoms with van der Waals surface area (Å²) < 4.78 is 2.34. The minimum Gasteiger partial charge on any atom is -0.355 e. The quantitative estimate of drug-likeness (QED) is 0.253. The molecule has 3 heteroatoms. The highest BCUT2D eigenvalue weighted by atomic mass is 15.0. The number of para-hydroxylation sites is 2. The summed E-state index contributed by atoms with van der Waals surface area (Å²) in [6.45, 7) is 0. The second kappa shape index (κ2) is 8.73. The average molecular weight is 510 g/mol. The van der Waals surface area contributed by atoms with E-state index in [1.165, 1.54) is 43.7 Å². The number of hydrogen-bond donors (Lipinski definition) is 1. The summed E-state index contributed by atoms with van der Waals surface area (Å²) in [5.41, 5.74) is 11.0. The summed E-state index contributed by atoms with van der Waals surface area (Å²) in [6.07, 6.45) is 0. The molecule has 0 spiro atoms. The number of rotatable bonds is 3. The van der Waals surface area contributed by atoms with Gasteiger partial charge in [-0.15, -0.1) is 0 Å². The molecule has 8 aromatic rings. The zero-order chi connectivity index (χ0) is 26.6. The Morgan fingerprint density at radius 1 is 0.475 bits per heavy atom. The van der Waals surface area contributed by atoms with Crippen molar-refractivity contribution in [2.45, 2.75) is 0 Å². The SMILES string of the molecule is N#Cc1cccc(-c2ccc(-n3c4ccccc4c4cc(-c5ccc6[nH]c7ccccc7c6c5)ccc43)cc2)c1. The first-order valence-corrected chi connectivity index (χ1v) is 13.4. The summed E-state index contributed by atoms with van der Waals surface area (Å²) in [6, 6.07) is 49.2. The fourth-order valence-electron chi connectivity index (χ4n) is 6.03. The Balaban J connectivity index is 1.27. The highest BCUT2D eigenvalue weighted by Gasteiger charge is 2.14. The van der Waals surface area contributed by atoms with Gasteiger partial charge in [-0.1, -0.05) is 72.8 Å². The van der Waals surface area contributed by atoms with Gasteiger partial charge in [-0.2, -0.15) is 5.26 Å². The smallest absolute Gasteiger partial charge is 0.0991 e. The summed E-state index contributed by atoms with van der Waals surface area (Å²) >= 11 is 0. The van der Waals surface area contributed by atoms with Crippen LogP contribution in [0, 0.1) is 11.3 Å². The van der Waals surface area contributed by atoms with Gasteiger partial charge >= 0.3 is 0 Å². The minimum atomic E-state index is 0.670. The van der Waals surface area contributed by atoms with Crippen LogP contribution in [0.4, 0.5) is 0 Å². The van der Waals surface area contributed by atoms with E-state index in [0.29, 0.717) is 5.56 Å². The second-order valence-corrected chi connectivity index (χ2v) is 10.3. The van der Waals surface area contributed by atoms with Crippen LogP contribution in [0.25, 0.3) is 71.6 Å². The summed E-state index contributed by atoms with van der Waals surface area (Å²) in [5.74, 6) is 0. The monoisotopic (exact) mass is 509 g/mol. The largest absolute Gasteiger partial charge is 0.355 e. The molecule has 2 aromatic heterocycles. The third kappa shape index (κ3) is 3.44. The standard InChI is InChI=1S/C37H23N3/c38-23-24-6-5-7-26(20-24)25-12-16-29(17-13-25)40-36-11-4-2-9-31(36)33-22-28(15-19-37(33)40)27-14-18-35-32(21-27)30-8-1-3-10-34(30)39-35/h1-22,39H. The Morgan fingerprint density at radius 3 is 1.98 bits per heavy atom. The Bertz CT molecular complexity index is 2270. The van der Waals surface area contributed by atoms with E-state index >= 15 is 0 Å². The Morgan fingerprint density at radius 2 is 1.12 bits per heavy atom. The van der Waals surface area contributed by atoms with Crippen LogP contribution < -0.4 is 0 Å². The first kappa shape index (κ1) is 22.4. The van der Waals surface area contributed by atoms with Crippen molar-refractivity contribution in [3.63, 3.8) is 0 Å². The van der Waals surface area contributed by atoms with Crippen LogP contribution in [0.3, 0.4) is 0 Å². The average Bonchev–Trinajstić information content (AvgIpc) is 3.56. The van der Waals surface area contributed by atoms with E-state index in [1.807, 2.05) is 24.3 Å². The van der Waals surface area contributed by atoms with E-state index < -0.39 is 0 Å². The number of H-pyrrole nitrogens is 1. The Kier molecular flexibility index (Phi) is 4.89. The zero-order valence-corrected chi connectivity index (χ0v) is 21.6. The molecule has 0 saturated heterocycles. The van der Waals surface area contributed by atoms with Crippen LogP contribution in [0.15, 0.2) is 133 Å². The van der Waals surface area contributed by atoms with Crippen LogP contribution in [-0.2, 0) is 0 Å². The van der Waals surface area contributed by atoms with Gasteiger partial charge in [-0.3, -0.25) is 0 Å². The molecule has 186 valence electrons. The van der Waals surface area contributed by atoms with Crippen LogP contribution in [0.5, 0.6) is 0 Å². The number of nitrogens with zero attached hydrogens (tertiary/aromatic N) is 2. The van der Waals surface area contributed by atoms with Gasteiger partial charge in [0, 0.05) is 38.3 Å². The lowest BCUT2D eigenvalue weighted by atomic mass is 10.0. The molecule has 0 amide bonds. The molecule has 1 N–H and O–H groups in total. The van der Waals surface area contributed by atoms with Crippen LogP contribution >= 0.6 is 0 Å². The number of nitrogens with one attached hydrogen (secondary N) is 1. The van der Waals surface area contributed by atoms with Gasteiger partial charge in [0.2, 0.25) is 0 Å². The van der Waals surface area contributed by atoms with Gasteiger partial charge in [0.25, 0.3) is 0 Å². The summed E-state index contributed by atoms with van der Waals surface area (Å²) in [7, 11) is 0. The van der Waals surface area contributed by atoms with E-state index in [2.05, 4.69) is 125 Å². The van der Waals surface area contributed by atoms with Gasteiger partial charge < -0.3 is 9.55 Å². The molecule has 6 aromatic carbocycles. The number of fused-ring (bicyclic) bond motifs is 6. The molecular weight excluding hydrogens is 486 g/mol. The molecule has 2 heterocycles. The fourth-order valence-corrected chi connectivity index (χ4v) is 6.03. The predicted molar refractivity (Wildman–Crippen MR) is 166 cm³/mol. The molecule has 0 atom stereocenters. The molecule has 0 aliphatic carbocycles. The van der Waals surface area contributed by atoms with Crippen molar-refractivity contribution < 1.29 is 0 Å². The third-order valence-corrected chi connectivity index (χ3v) is 7.96. The predicted octanol–water partition coefficient (Wildman–Crippen LogP) is 9.62. The molecule has 0 aliphatic rings. The maximum atomic E-state index is 9.30. The number of nitriles is 1. The van der Waals surface area contributed by atoms with Crippen molar-refractivity contribution in [2.75, 3.05) is 0 Å². The normalized spacial score (nSPS) is 11.5. The Labute approximate surface area is 231 Å². The lowest BCUT2D eigenvalue weighted by Gasteiger charge is -2.10. The van der Waals surface area contributed by atoms with Crippen LogP contribution in [0.1, 0.15) is 5.56 Å². The van der Waals surface area contributed by atoms with Gasteiger partial charge in [0.1, 0.15) is 0 Å². The van der Waals surface area contributed by atoms with Crippen molar-refractivity contribution in [1.29, 1.82) is 5.26 Å². The third-order valence-electron chi connectivity index (χ3n) is 7.96. The molecule has 0 radical (unpaired) electrons. The molecule has 0 bridgehead atoms. The van der Waals surface area contributed by atoms with E-state index in [4.69, 9.17) is 0 Å².